The van der Waals surface area contributed by atoms with Crippen LogP contribution in [0.1, 0.15) is 12.8 Å². The first-order chi connectivity index (χ1) is 3.93. The molecule has 0 aliphatic heterocycles. The van der Waals surface area contributed by atoms with Crippen LogP contribution in [0, 0.1) is 0 Å². The van der Waals surface area contributed by atoms with Crippen LogP contribution in [0.5, 0.6) is 0 Å². The number of nitrogens with zero attached hydrogens (tertiary/aromatic N) is 3. The summed E-state index contributed by atoms with van der Waals surface area (Å²) in [6, 6.07) is 0.139. The number of hydrogen-bond donors (Lipinski definition) is 0. The summed E-state index contributed by atoms with van der Waals surface area (Å²) in [5, 5.41) is 3.52. The average molecular weight is 109 g/mol. The minimum atomic E-state index is 0.139. The highest BCUT2D eigenvalue weighted by Crippen LogP contribution is 2.11. The fraction of sp³-hybridized carbons (Fsp3) is 0.600. The molecule has 0 unspecified atom stereocenters. The summed E-state index contributed by atoms with van der Waals surface area (Å²) in [5.41, 5.74) is 7.95. The Bertz CT molecular complexity index is 144. The van der Waals surface area contributed by atoms with Crippen molar-refractivity contribution in [3.05, 3.63) is 22.6 Å². The molecule has 1 aliphatic rings. The molecule has 0 aromatic carbocycles. The highest BCUT2D eigenvalue weighted by molar-refractivity contribution is 5.00. The molecule has 0 heterocycles. The van der Waals surface area contributed by atoms with Gasteiger partial charge in [-0.15, -0.1) is 0 Å². The van der Waals surface area contributed by atoms with E-state index in [0.29, 0.717) is 0 Å². The second kappa shape index (κ2) is 2.38. The minimum Gasteiger partial charge on any atom is -0.0881 e. The maximum atomic E-state index is 7.95. The summed E-state index contributed by atoms with van der Waals surface area (Å²) in [6.07, 6.45) is 6.03. The van der Waals surface area contributed by atoms with Crippen LogP contribution in [0.25, 0.3) is 10.4 Å². The molecule has 3 heteroatoms. The van der Waals surface area contributed by atoms with Gasteiger partial charge < -0.3 is 0 Å². The molecule has 0 spiro atoms. The third kappa shape index (κ3) is 1.01. The van der Waals surface area contributed by atoms with Crippen molar-refractivity contribution < 1.29 is 0 Å². The third-order valence-corrected chi connectivity index (χ3v) is 1.19. The van der Waals surface area contributed by atoms with E-state index in [9.17, 15) is 0 Å². The number of azide groups is 1. The molecule has 1 aliphatic carbocycles. The maximum absolute atomic E-state index is 7.95. The molecule has 0 aromatic heterocycles. The van der Waals surface area contributed by atoms with Gasteiger partial charge in [-0.25, -0.2) is 0 Å². The first-order valence-corrected chi connectivity index (χ1v) is 2.64. The monoisotopic (exact) mass is 109 g/mol. The van der Waals surface area contributed by atoms with Gasteiger partial charge in [-0.3, -0.25) is 0 Å². The summed E-state index contributed by atoms with van der Waals surface area (Å²) in [4.78, 5) is 2.69. The van der Waals surface area contributed by atoms with Crippen LogP contribution in [0.4, 0.5) is 0 Å². The van der Waals surface area contributed by atoms with Crippen molar-refractivity contribution in [3.63, 3.8) is 0 Å². The standard InChI is InChI=1S/C5H7N3/c6-8-7-5-3-1-2-4-5/h1,3,5H,2,4H2/t5-/m0/s1. The van der Waals surface area contributed by atoms with Crippen LogP contribution in [0.15, 0.2) is 17.3 Å². The van der Waals surface area contributed by atoms with E-state index >= 15 is 0 Å². The van der Waals surface area contributed by atoms with Crippen LogP contribution in [-0.4, -0.2) is 6.04 Å². The lowest BCUT2D eigenvalue weighted by molar-refractivity contribution is 0.773. The zero-order valence-corrected chi connectivity index (χ0v) is 4.49. The Balaban J connectivity index is 2.48. The normalized spacial score (nSPS) is 25.2. The van der Waals surface area contributed by atoms with E-state index in [1.165, 1.54) is 0 Å². The van der Waals surface area contributed by atoms with Gasteiger partial charge in [0.25, 0.3) is 0 Å². The maximum Gasteiger partial charge on any atom is 0.0558 e. The molecule has 0 saturated carbocycles. The zero-order chi connectivity index (χ0) is 5.82. The van der Waals surface area contributed by atoms with Gasteiger partial charge >= 0.3 is 0 Å². The summed E-state index contributed by atoms with van der Waals surface area (Å²) in [7, 11) is 0. The van der Waals surface area contributed by atoms with Crippen LogP contribution in [0.3, 0.4) is 0 Å². The summed E-state index contributed by atoms with van der Waals surface area (Å²) >= 11 is 0. The minimum absolute atomic E-state index is 0.139. The van der Waals surface area contributed by atoms with Crippen molar-refractivity contribution in [1.82, 2.24) is 0 Å². The van der Waals surface area contributed by atoms with Crippen molar-refractivity contribution in [2.24, 2.45) is 5.11 Å². The summed E-state index contributed by atoms with van der Waals surface area (Å²) in [6.45, 7) is 0. The van der Waals surface area contributed by atoms with Crippen molar-refractivity contribution >= 4 is 0 Å². The molecule has 0 radical (unpaired) electrons. The highest BCUT2D eigenvalue weighted by Gasteiger charge is 2.03. The molecular formula is C5H7N3. The molecule has 1 atom stereocenters. The Labute approximate surface area is 47.6 Å². The Hall–Kier alpha value is -0.950. The lowest BCUT2D eigenvalue weighted by Gasteiger charge is -1.90. The fourth-order valence-electron chi connectivity index (χ4n) is 0.779. The van der Waals surface area contributed by atoms with Crippen LogP contribution in [-0.2, 0) is 0 Å². The Kier molecular flexibility index (Phi) is 1.55. The molecule has 0 saturated heterocycles. The second-order valence-corrected chi connectivity index (χ2v) is 1.78. The van der Waals surface area contributed by atoms with Gasteiger partial charge in [-0.2, -0.15) is 0 Å². The average Bonchev–Trinajstić information content (AvgIpc) is 2.19. The molecule has 3 nitrogen and oxygen atoms in total. The predicted octanol–water partition coefficient (Wildman–Crippen LogP) is 2.02. The molecule has 0 fully saturated rings. The number of rotatable bonds is 1. The summed E-state index contributed by atoms with van der Waals surface area (Å²) in [5.74, 6) is 0. The van der Waals surface area contributed by atoms with E-state index in [0.717, 1.165) is 12.8 Å². The van der Waals surface area contributed by atoms with Crippen LogP contribution in [0.2, 0.25) is 0 Å². The Morgan fingerprint density at radius 1 is 1.75 bits per heavy atom. The highest BCUT2D eigenvalue weighted by atomic mass is 15.1. The zero-order valence-electron chi connectivity index (χ0n) is 4.49. The van der Waals surface area contributed by atoms with Crippen LogP contribution < -0.4 is 0 Å². The van der Waals surface area contributed by atoms with Crippen molar-refractivity contribution in [1.29, 1.82) is 0 Å². The van der Waals surface area contributed by atoms with Gasteiger partial charge in [-0.05, 0) is 18.4 Å². The van der Waals surface area contributed by atoms with E-state index in [-0.39, 0.29) is 6.04 Å². The smallest absolute Gasteiger partial charge is 0.0558 e. The van der Waals surface area contributed by atoms with Gasteiger partial charge in [0.2, 0.25) is 0 Å². The van der Waals surface area contributed by atoms with Gasteiger partial charge in [0.15, 0.2) is 0 Å². The molecular weight excluding hydrogens is 102 g/mol. The lowest BCUT2D eigenvalue weighted by Crippen LogP contribution is -1.89. The van der Waals surface area contributed by atoms with Crippen molar-refractivity contribution in [2.75, 3.05) is 0 Å². The van der Waals surface area contributed by atoms with Gasteiger partial charge in [-0.1, -0.05) is 17.3 Å². The van der Waals surface area contributed by atoms with Gasteiger partial charge in [0, 0.05) is 4.91 Å². The fourth-order valence-corrected chi connectivity index (χ4v) is 0.779. The van der Waals surface area contributed by atoms with E-state index in [2.05, 4.69) is 10.0 Å². The van der Waals surface area contributed by atoms with Crippen LogP contribution >= 0.6 is 0 Å². The molecule has 0 bridgehead atoms. The third-order valence-electron chi connectivity index (χ3n) is 1.19. The van der Waals surface area contributed by atoms with E-state index in [1.807, 2.05) is 12.2 Å². The van der Waals surface area contributed by atoms with Crippen molar-refractivity contribution in [3.8, 4) is 0 Å². The predicted molar refractivity (Wildman–Crippen MR) is 31.3 cm³/mol. The molecule has 0 N–H and O–H groups in total. The van der Waals surface area contributed by atoms with Gasteiger partial charge in [0.1, 0.15) is 0 Å². The number of hydrogen-bond acceptors (Lipinski definition) is 1. The quantitative estimate of drug-likeness (QED) is 0.214. The van der Waals surface area contributed by atoms with E-state index < -0.39 is 0 Å². The Morgan fingerprint density at radius 2 is 2.62 bits per heavy atom. The Morgan fingerprint density at radius 3 is 3.12 bits per heavy atom. The molecule has 8 heavy (non-hydrogen) atoms. The SMILES string of the molecule is [N-]=[N+]=N[C@H]1C=CCC1. The molecule has 42 valence electrons. The van der Waals surface area contributed by atoms with E-state index in [1.54, 1.807) is 0 Å². The topological polar surface area (TPSA) is 48.8 Å². The number of allylic oxidation sites excluding steroid dienone is 1. The molecule has 0 aromatic rings. The molecule has 1 rings (SSSR count). The van der Waals surface area contributed by atoms with E-state index in [4.69, 9.17) is 5.53 Å². The van der Waals surface area contributed by atoms with Crippen molar-refractivity contribution in [2.45, 2.75) is 18.9 Å². The van der Waals surface area contributed by atoms with Gasteiger partial charge in [0.05, 0.1) is 6.04 Å². The molecule has 0 amide bonds. The largest absolute Gasteiger partial charge is 0.0881 e. The summed E-state index contributed by atoms with van der Waals surface area (Å²) < 4.78 is 0. The first-order valence-electron chi connectivity index (χ1n) is 2.64. The lowest BCUT2D eigenvalue weighted by atomic mass is 10.3. The first kappa shape index (κ1) is 5.19. The second-order valence-electron chi connectivity index (χ2n) is 1.78.